The molecule has 1 saturated heterocycles. The Labute approximate surface area is 139 Å². The molecule has 1 aliphatic heterocycles. The minimum absolute atomic E-state index is 0.213. The van der Waals surface area contributed by atoms with Crippen molar-refractivity contribution in [3.05, 3.63) is 0 Å². The first-order chi connectivity index (χ1) is 10.9. The Hall–Kier alpha value is -0.200. The highest BCUT2D eigenvalue weighted by Gasteiger charge is 2.49. The lowest BCUT2D eigenvalue weighted by atomic mass is 9.57. The van der Waals surface area contributed by atoms with Gasteiger partial charge in [-0.3, -0.25) is 0 Å². The van der Waals surface area contributed by atoms with E-state index in [1.807, 2.05) is 0 Å². The summed E-state index contributed by atoms with van der Waals surface area (Å²) in [6, 6.07) is 0. The molecule has 0 radical (unpaired) electrons. The van der Waals surface area contributed by atoms with Gasteiger partial charge in [-0.25, -0.2) is 0 Å². The Bertz CT molecular complexity index is 416. The fourth-order valence-electron chi connectivity index (χ4n) is 5.71. The van der Waals surface area contributed by atoms with Crippen LogP contribution in [0.3, 0.4) is 0 Å². The number of aliphatic hydroxyl groups excluding tert-OH is 4. The number of β-amino-alcohol motifs (C(OH)–C–C–N with tert-alkyl or cyclic N) is 1. The average molecular weight is 327 g/mol. The lowest BCUT2D eigenvalue weighted by molar-refractivity contribution is -0.138. The second kappa shape index (κ2) is 6.60. The largest absolute Gasteiger partial charge is 0.394 e. The van der Waals surface area contributed by atoms with Gasteiger partial charge in [0.15, 0.2) is 0 Å². The Morgan fingerprint density at radius 3 is 2.65 bits per heavy atom. The molecule has 3 fully saturated rings. The van der Waals surface area contributed by atoms with E-state index < -0.39 is 23.9 Å². The van der Waals surface area contributed by atoms with Crippen LogP contribution in [0.2, 0.25) is 0 Å². The van der Waals surface area contributed by atoms with Crippen molar-refractivity contribution in [1.82, 2.24) is 5.32 Å². The molecule has 5 N–H and O–H groups in total. The SMILES string of the molecule is CC1CC2CCCC(CC[C@]3(CO)NC[C@H](O)[C@@H](O)[C@@H]3O)(C1)C2. The van der Waals surface area contributed by atoms with E-state index in [4.69, 9.17) is 0 Å². The van der Waals surface area contributed by atoms with Crippen LogP contribution in [-0.4, -0.2) is 57.4 Å². The Kier molecular flexibility index (Phi) is 5.06. The minimum Gasteiger partial charge on any atom is -0.394 e. The number of rotatable bonds is 4. The lowest BCUT2D eigenvalue weighted by Gasteiger charge is -2.51. The summed E-state index contributed by atoms with van der Waals surface area (Å²) in [6.45, 7) is 2.35. The van der Waals surface area contributed by atoms with E-state index in [0.717, 1.165) is 18.3 Å². The quantitative estimate of drug-likeness (QED) is 0.526. The lowest BCUT2D eigenvalue weighted by Crippen LogP contribution is -2.69. The molecule has 3 aliphatic rings. The van der Waals surface area contributed by atoms with Gasteiger partial charge in [0.1, 0.15) is 12.2 Å². The molecule has 0 amide bonds. The second-order valence-corrected chi connectivity index (χ2v) is 8.71. The zero-order valence-electron chi connectivity index (χ0n) is 14.2. The van der Waals surface area contributed by atoms with E-state index in [1.165, 1.54) is 38.5 Å². The van der Waals surface area contributed by atoms with E-state index in [0.29, 0.717) is 11.8 Å². The Balaban J connectivity index is 1.70. The van der Waals surface area contributed by atoms with Crippen LogP contribution >= 0.6 is 0 Å². The zero-order valence-corrected chi connectivity index (χ0v) is 14.2. The summed E-state index contributed by atoms with van der Waals surface area (Å²) in [7, 11) is 0. The van der Waals surface area contributed by atoms with E-state index >= 15 is 0 Å². The molecular weight excluding hydrogens is 294 g/mol. The maximum absolute atomic E-state index is 10.4. The highest BCUT2D eigenvalue weighted by molar-refractivity contribution is 5.05. The van der Waals surface area contributed by atoms with E-state index in [9.17, 15) is 20.4 Å². The predicted octanol–water partition coefficient (Wildman–Crippen LogP) is 0.790. The summed E-state index contributed by atoms with van der Waals surface area (Å²) in [6.07, 6.45) is 6.08. The fraction of sp³-hybridized carbons (Fsp3) is 1.00. The molecule has 7 atom stereocenters. The molecule has 3 rings (SSSR count). The summed E-state index contributed by atoms with van der Waals surface area (Å²) in [5.41, 5.74) is -0.549. The standard InChI is InChI=1S/C18H33NO4/c1-12-7-13-3-2-4-17(8-12,9-13)5-6-18(11-20)16(23)15(22)14(21)10-19-18/h12-16,19-23H,2-11H2,1H3/t12?,13?,14-,15+,16-,17?,18+/m0/s1. The van der Waals surface area contributed by atoms with Crippen molar-refractivity contribution < 1.29 is 20.4 Å². The fourth-order valence-corrected chi connectivity index (χ4v) is 5.71. The predicted molar refractivity (Wildman–Crippen MR) is 87.9 cm³/mol. The van der Waals surface area contributed by atoms with Crippen LogP contribution in [0.5, 0.6) is 0 Å². The van der Waals surface area contributed by atoms with Gasteiger partial charge in [0.2, 0.25) is 0 Å². The smallest absolute Gasteiger partial charge is 0.109 e. The Morgan fingerprint density at radius 2 is 1.91 bits per heavy atom. The number of aliphatic hydroxyl groups is 4. The summed E-state index contributed by atoms with van der Waals surface area (Å²) < 4.78 is 0. The number of piperidine rings is 1. The maximum Gasteiger partial charge on any atom is 0.109 e. The van der Waals surface area contributed by atoms with Gasteiger partial charge in [-0.1, -0.05) is 19.8 Å². The molecule has 5 nitrogen and oxygen atoms in total. The van der Waals surface area contributed by atoms with Crippen molar-refractivity contribution in [1.29, 1.82) is 0 Å². The molecular formula is C18H33NO4. The van der Waals surface area contributed by atoms with Gasteiger partial charge in [-0.15, -0.1) is 0 Å². The number of fused-ring (bicyclic) bond motifs is 2. The Morgan fingerprint density at radius 1 is 1.13 bits per heavy atom. The van der Waals surface area contributed by atoms with Gasteiger partial charge in [0, 0.05) is 6.54 Å². The second-order valence-electron chi connectivity index (χ2n) is 8.71. The summed E-state index contributed by atoms with van der Waals surface area (Å²) >= 11 is 0. The third kappa shape index (κ3) is 3.31. The monoisotopic (exact) mass is 327 g/mol. The van der Waals surface area contributed by atoms with Crippen molar-refractivity contribution in [3.8, 4) is 0 Å². The molecule has 2 bridgehead atoms. The third-order valence-corrected chi connectivity index (χ3v) is 6.89. The van der Waals surface area contributed by atoms with Gasteiger partial charge < -0.3 is 25.7 Å². The first kappa shape index (κ1) is 17.6. The normalized spacial score (nSPS) is 50.7. The van der Waals surface area contributed by atoms with Gasteiger partial charge in [-0.05, 0) is 55.8 Å². The zero-order chi connectivity index (χ0) is 16.7. The van der Waals surface area contributed by atoms with Crippen LogP contribution in [0, 0.1) is 17.3 Å². The van der Waals surface area contributed by atoms with E-state index in [2.05, 4.69) is 12.2 Å². The number of nitrogens with one attached hydrogen (secondary N) is 1. The molecule has 0 aromatic carbocycles. The molecule has 2 aliphatic carbocycles. The van der Waals surface area contributed by atoms with E-state index in [-0.39, 0.29) is 13.2 Å². The first-order valence-corrected chi connectivity index (χ1v) is 9.30. The summed E-state index contributed by atoms with van der Waals surface area (Å²) in [5, 5.41) is 43.2. The summed E-state index contributed by atoms with van der Waals surface area (Å²) in [4.78, 5) is 0. The molecule has 0 aromatic rings. The molecule has 5 heteroatoms. The van der Waals surface area contributed by atoms with Crippen LogP contribution in [-0.2, 0) is 0 Å². The van der Waals surface area contributed by atoms with E-state index in [1.54, 1.807) is 0 Å². The number of hydrogen-bond donors (Lipinski definition) is 5. The minimum atomic E-state index is -1.19. The van der Waals surface area contributed by atoms with Crippen molar-refractivity contribution in [2.24, 2.45) is 17.3 Å². The highest BCUT2D eigenvalue weighted by Crippen LogP contribution is 2.54. The molecule has 1 heterocycles. The van der Waals surface area contributed by atoms with Gasteiger partial charge >= 0.3 is 0 Å². The molecule has 134 valence electrons. The maximum atomic E-state index is 10.4. The molecule has 23 heavy (non-hydrogen) atoms. The van der Waals surface area contributed by atoms with Gasteiger partial charge in [-0.2, -0.15) is 0 Å². The molecule has 0 spiro atoms. The van der Waals surface area contributed by atoms with Crippen LogP contribution in [0.4, 0.5) is 0 Å². The van der Waals surface area contributed by atoms with Crippen LogP contribution in [0.1, 0.15) is 58.3 Å². The first-order valence-electron chi connectivity index (χ1n) is 9.30. The van der Waals surface area contributed by atoms with Crippen molar-refractivity contribution >= 4 is 0 Å². The number of hydrogen-bond acceptors (Lipinski definition) is 5. The van der Waals surface area contributed by atoms with Crippen LogP contribution in [0.25, 0.3) is 0 Å². The molecule has 3 unspecified atom stereocenters. The van der Waals surface area contributed by atoms with Crippen molar-refractivity contribution in [3.63, 3.8) is 0 Å². The van der Waals surface area contributed by atoms with Gasteiger partial charge in [0.25, 0.3) is 0 Å². The topological polar surface area (TPSA) is 93.0 Å². The molecule has 2 saturated carbocycles. The van der Waals surface area contributed by atoms with Crippen molar-refractivity contribution in [2.75, 3.05) is 13.2 Å². The molecule has 0 aromatic heterocycles. The summed E-state index contributed by atoms with van der Waals surface area (Å²) in [5.74, 6) is 1.60. The van der Waals surface area contributed by atoms with Crippen molar-refractivity contribution in [2.45, 2.75) is 82.1 Å². The third-order valence-electron chi connectivity index (χ3n) is 6.89. The van der Waals surface area contributed by atoms with Gasteiger partial charge in [0.05, 0.1) is 18.2 Å². The highest BCUT2D eigenvalue weighted by atomic mass is 16.4. The van der Waals surface area contributed by atoms with Crippen LogP contribution < -0.4 is 5.32 Å². The average Bonchev–Trinajstić information content (AvgIpc) is 2.52. The van der Waals surface area contributed by atoms with Crippen LogP contribution in [0.15, 0.2) is 0 Å².